The molecular formula is C17H20IN3. The first-order valence-electron chi connectivity index (χ1n) is 7.40. The molecule has 1 aliphatic rings. The molecule has 1 aromatic heterocycles. The van der Waals surface area contributed by atoms with Gasteiger partial charge in [0.25, 0.3) is 0 Å². The Kier molecular flexibility index (Phi) is 4.63. The molecule has 2 aromatic rings. The van der Waals surface area contributed by atoms with E-state index >= 15 is 0 Å². The van der Waals surface area contributed by atoms with Gasteiger partial charge >= 0.3 is 0 Å². The summed E-state index contributed by atoms with van der Waals surface area (Å²) in [6.45, 7) is 4.36. The summed E-state index contributed by atoms with van der Waals surface area (Å²) in [4.78, 5) is 6.53. The molecule has 0 amide bonds. The number of nitrogens with one attached hydrogen (secondary N) is 1. The molecule has 110 valence electrons. The summed E-state index contributed by atoms with van der Waals surface area (Å²) in [5.74, 6) is 0. The summed E-state index contributed by atoms with van der Waals surface area (Å²) in [6.07, 6.45) is 6.08. The zero-order chi connectivity index (χ0) is 14.7. The Hall–Kier alpha value is -1.30. The van der Waals surface area contributed by atoms with Crippen LogP contribution in [0.25, 0.3) is 0 Å². The van der Waals surface area contributed by atoms with Gasteiger partial charge in [-0.05, 0) is 72.2 Å². The number of halogens is 1. The van der Waals surface area contributed by atoms with Crippen LogP contribution in [-0.4, -0.2) is 24.1 Å². The second kappa shape index (κ2) is 6.64. The van der Waals surface area contributed by atoms with Crippen molar-refractivity contribution in [3.05, 3.63) is 51.9 Å². The van der Waals surface area contributed by atoms with Crippen molar-refractivity contribution in [2.75, 3.05) is 23.3 Å². The Labute approximate surface area is 139 Å². The summed E-state index contributed by atoms with van der Waals surface area (Å²) in [7, 11) is 0. The lowest BCUT2D eigenvalue weighted by atomic mass is 10.0. The van der Waals surface area contributed by atoms with E-state index in [1.54, 1.807) is 0 Å². The van der Waals surface area contributed by atoms with E-state index in [2.05, 4.69) is 75.0 Å². The van der Waals surface area contributed by atoms with Gasteiger partial charge in [-0.2, -0.15) is 0 Å². The van der Waals surface area contributed by atoms with Crippen molar-refractivity contribution >= 4 is 34.0 Å². The van der Waals surface area contributed by atoms with Gasteiger partial charge in [-0.3, -0.25) is 4.98 Å². The second-order valence-electron chi connectivity index (χ2n) is 5.58. The molecule has 1 fully saturated rings. The van der Waals surface area contributed by atoms with Crippen LogP contribution in [0.1, 0.15) is 18.4 Å². The van der Waals surface area contributed by atoms with Gasteiger partial charge < -0.3 is 10.2 Å². The van der Waals surface area contributed by atoms with E-state index in [0.717, 1.165) is 13.1 Å². The van der Waals surface area contributed by atoms with Crippen LogP contribution in [0, 0.1) is 10.5 Å². The fraction of sp³-hybridized carbons (Fsp3) is 0.353. The maximum Gasteiger partial charge on any atom is 0.0397 e. The van der Waals surface area contributed by atoms with Crippen LogP contribution < -0.4 is 10.2 Å². The van der Waals surface area contributed by atoms with E-state index in [0.29, 0.717) is 6.04 Å². The van der Waals surface area contributed by atoms with Gasteiger partial charge in [0.15, 0.2) is 0 Å². The Balaban J connectivity index is 1.57. The van der Waals surface area contributed by atoms with E-state index in [4.69, 9.17) is 0 Å². The van der Waals surface area contributed by atoms with Crippen LogP contribution >= 0.6 is 22.6 Å². The number of aryl methyl sites for hydroxylation is 1. The number of piperidine rings is 1. The third-order valence-corrected chi connectivity index (χ3v) is 5.23. The molecule has 21 heavy (non-hydrogen) atoms. The number of nitrogens with zero attached hydrogens (tertiary/aromatic N) is 2. The maximum absolute atomic E-state index is 4.09. The third kappa shape index (κ3) is 3.67. The molecule has 0 radical (unpaired) electrons. The molecule has 0 bridgehead atoms. The van der Waals surface area contributed by atoms with Crippen molar-refractivity contribution < 1.29 is 0 Å². The summed E-state index contributed by atoms with van der Waals surface area (Å²) in [5.41, 5.74) is 3.87. The highest BCUT2D eigenvalue weighted by Gasteiger charge is 2.19. The van der Waals surface area contributed by atoms with E-state index in [9.17, 15) is 0 Å². The Bertz CT molecular complexity index is 592. The minimum absolute atomic E-state index is 0.571. The normalized spacial score (nSPS) is 16.0. The number of rotatable bonds is 3. The van der Waals surface area contributed by atoms with Gasteiger partial charge in [0.2, 0.25) is 0 Å². The zero-order valence-electron chi connectivity index (χ0n) is 12.2. The molecule has 4 heteroatoms. The van der Waals surface area contributed by atoms with Crippen molar-refractivity contribution in [3.8, 4) is 0 Å². The summed E-state index contributed by atoms with van der Waals surface area (Å²) in [6, 6.07) is 11.4. The Morgan fingerprint density at radius 2 is 1.86 bits per heavy atom. The van der Waals surface area contributed by atoms with Crippen LogP contribution in [0.3, 0.4) is 0 Å². The zero-order valence-corrected chi connectivity index (χ0v) is 14.4. The second-order valence-corrected chi connectivity index (χ2v) is 6.74. The van der Waals surface area contributed by atoms with Crippen LogP contribution in [0.4, 0.5) is 11.4 Å². The minimum Gasteiger partial charge on any atom is -0.382 e. The predicted molar refractivity (Wildman–Crippen MR) is 97.0 cm³/mol. The van der Waals surface area contributed by atoms with E-state index in [1.807, 2.05) is 12.4 Å². The Morgan fingerprint density at radius 3 is 2.52 bits per heavy atom. The topological polar surface area (TPSA) is 28.2 Å². The number of anilines is 2. The minimum atomic E-state index is 0.571. The standard InChI is InChI=1S/C17H20IN3/c1-13-2-3-15(12-17(13)18)20-14-6-10-21(11-7-14)16-4-8-19-9-5-16/h2-5,8-9,12,14,20H,6-7,10-11H2,1H3. The molecule has 0 spiro atoms. The molecule has 0 aliphatic carbocycles. The van der Waals surface area contributed by atoms with Crippen LogP contribution in [-0.2, 0) is 0 Å². The molecule has 0 saturated carbocycles. The van der Waals surface area contributed by atoms with Crippen molar-refractivity contribution in [1.29, 1.82) is 0 Å². The fourth-order valence-corrected chi connectivity index (χ4v) is 3.27. The van der Waals surface area contributed by atoms with E-state index in [-0.39, 0.29) is 0 Å². The molecule has 1 aliphatic heterocycles. The van der Waals surface area contributed by atoms with Gasteiger partial charge in [0, 0.05) is 46.5 Å². The molecule has 2 heterocycles. The molecule has 1 aromatic carbocycles. The molecule has 1 N–H and O–H groups in total. The van der Waals surface area contributed by atoms with Crippen molar-refractivity contribution in [3.63, 3.8) is 0 Å². The molecule has 3 nitrogen and oxygen atoms in total. The first-order valence-corrected chi connectivity index (χ1v) is 8.48. The predicted octanol–water partition coefficient (Wildman–Crippen LogP) is 4.08. The van der Waals surface area contributed by atoms with E-state index < -0.39 is 0 Å². The number of benzene rings is 1. The highest BCUT2D eigenvalue weighted by Crippen LogP contribution is 2.23. The quantitative estimate of drug-likeness (QED) is 0.797. The smallest absolute Gasteiger partial charge is 0.0397 e. The largest absolute Gasteiger partial charge is 0.382 e. The van der Waals surface area contributed by atoms with Gasteiger partial charge in [-0.15, -0.1) is 0 Å². The average molecular weight is 393 g/mol. The highest BCUT2D eigenvalue weighted by atomic mass is 127. The average Bonchev–Trinajstić information content (AvgIpc) is 2.53. The molecule has 3 rings (SSSR count). The third-order valence-electron chi connectivity index (χ3n) is 4.07. The lowest BCUT2D eigenvalue weighted by Crippen LogP contribution is -2.39. The van der Waals surface area contributed by atoms with Gasteiger partial charge in [0.05, 0.1) is 0 Å². The van der Waals surface area contributed by atoms with Crippen molar-refractivity contribution in [2.45, 2.75) is 25.8 Å². The van der Waals surface area contributed by atoms with Crippen molar-refractivity contribution in [2.24, 2.45) is 0 Å². The lowest BCUT2D eigenvalue weighted by Gasteiger charge is -2.34. The number of aromatic nitrogens is 1. The summed E-state index contributed by atoms with van der Waals surface area (Å²) in [5, 5.41) is 3.68. The van der Waals surface area contributed by atoms with Crippen LogP contribution in [0.2, 0.25) is 0 Å². The fourth-order valence-electron chi connectivity index (χ4n) is 2.76. The van der Waals surface area contributed by atoms with Gasteiger partial charge in [-0.1, -0.05) is 6.07 Å². The highest BCUT2D eigenvalue weighted by molar-refractivity contribution is 14.1. The lowest BCUT2D eigenvalue weighted by molar-refractivity contribution is 0.526. The number of hydrogen-bond donors (Lipinski definition) is 1. The molecule has 0 unspecified atom stereocenters. The van der Waals surface area contributed by atoms with Crippen molar-refractivity contribution in [1.82, 2.24) is 4.98 Å². The summed E-state index contributed by atoms with van der Waals surface area (Å²) >= 11 is 2.40. The Morgan fingerprint density at radius 1 is 1.14 bits per heavy atom. The van der Waals surface area contributed by atoms with Crippen LogP contribution in [0.5, 0.6) is 0 Å². The SMILES string of the molecule is Cc1ccc(NC2CCN(c3ccncc3)CC2)cc1I. The van der Waals surface area contributed by atoms with E-state index in [1.165, 1.54) is 33.4 Å². The molecular weight excluding hydrogens is 373 g/mol. The first kappa shape index (κ1) is 14.6. The van der Waals surface area contributed by atoms with Crippen LogP contribution in [0.15, 0.2) is 42.7 Å². The van der Waals surface area contributed by atoms with Gasteiger partial charge in [0.1, 0.15) is 0 Å². The molecule has 1 saturated heterocycles. The number of hydrogen-bond acceptors (Lipinski definition) is 3. The number of pyridine rings is 1. The monoisotopic (exact) mass is 393 g/mol. The first-order chi connectivity index (χ1) is 10.2. The molecule has 0 atom stereocenters. The van der Waals surface area contributed by atoms with Gasteiger partial charge in [-0.25, -0.2) is 0 Å². The maximum atomic E-state index is 4.09. The summed E-state index contributed by atoms with van der Waals surface area (Å²) < 4.78 is 1.33.